The van der Waals surface area contributed by atoms with Crippen molar-refractivity contribution in [1.82, 2.24) is 4.31 Å². The minimum atomic E-state index is -3.47. The fourth-order valence-electron chi connectivity index (χ4n) is 3.72. The molecule has 0 unspecified atom stereocenters. The highest BCUT2D eigenvalue weighted by Gasteiger charge is 2.34. The van der Waals surface area contributed by atoms with E-state index in [1.807, 2.05) is 41.8 Å². The molecular formula is C22H24N2O4S3. The first-order chi connectivity index (χ1) is 15.0. The molecule has 1 amide bonds. The summed E-state index contributed by atoms with van der Waals surface area (Å²) in [4.78, 5) is 16.4. The molecule has 0 bridgehead atoms. The normalized spacial score (nSPS) is 15.6. The van der Waals surface area contributed by atoms with Crippen molar-refractivity contribution < 1.29 is 17.9 Å². The maximum Gasteiger partial charge on any atom is 0.252 e. The topological polar surface area (TPSA) is 66.9 Å². The van der Waals surface area contributed by atoms with Crippen LogP contribution >= 0.6 is 22.7 Å². The van der Waals surface area contributed by atoms with Crippen LogP contribution in [0, 0.1) is 5.92 Å². The van der Waals surface area contributed by atoms with Crippen molar-refractivity contribution in [2.24, 2.45) is 5.92 Å². The van der Waals surface area contributed by atoms with E-state index in [0.29, 0.717) is 36.7 Å². The molecule has 9 heteroatoms. The molecule has 0 radical (unpaired) electrons. The molecule has 0 spiro atoms. The van der Waals surface area contributed by atoms with Gasteiger partial charge in [-0.25, -0.2) is 8.42 Å². The average molecular weight is 477 g/mol. The van der Waals surface area contributed by atoms with Gasteiger partial charge in [-0.15, -0.1) is 22.7 Å². The molecule has 3 aromatic rings. The number of hydrogen-bond donors (Lipinski definition) is 0. The quantitative estimate of drug-likeness (QED) is 0.505. The molecule has 31 heavy (non-hydrogen) atoms. The van der Waals surface area contributed by atoms with Crippen molar-refractivity contribution in [2.45, 2.75) is 23.6 Å². The molecule has 1 fully saturated rings. The van der Waals surface area contributed by atoms with Crippen LogP contribution in [0.2, 0.25) is 0 Å². The van der Waals surface area contributed by atoms with Crippen LogP contribution in [0.5, 0.6) is 5.75 Å². The number of sulfonamides is 1. The molecular weight excluding hydrogens is 452 g/mol. The number of thiophene rings is 2. The highest BCUT2D eigenvalue weighted by atomic mass is 32.2. The second-order valence-electron chi connectivity index (χ2n) is 7.31. The molecule has 0 aliphatic carbocycles. The van der Waals surface area contributed by atoms with Gasteiger partial charge in [0.15, 0.2) is 0 Å². The number of benzene rings is 1. The predicted molar refractivity (Wildman–Crippen MR) is 124 cm³/mol. The van der Waals surface area contributed by atoms with Crippen LogP contribution in [0.25, 0.3) is 0 Å². The summed E-state index contributed by atoms with van der Waals surface area (Å²) in [6, 6.07) is 14.8. The molecule has 6 nitrogen and oxygen atoms in total. The van der Waals surface area contributed by atoms with Crippen molar-refractivity contribution in [3.05, 3.63) is 64.2 Å². The number of amides is 1. The van der Waals surface area contributed by atoms with Crippen molar-refractivity contribution in [1.29, 1.82) is 0 Å². The average Bonchev–Trinajstić information content (AvgIpc) is 3.52. The lowest BCUT2D eigenvalue weighted by Crippen LogP contribution is -2.44. The van der Waals surface area contributed by atoms with Gasteiger partial charge in [-0.1, -0.05) is 12.1 Å². The maximum atomic E-state index is 13.5. The third-order valence-corrected chi connectivity index (χ3v) is 9.57. The second kappa shape index (κ2) is 9.52. The number of piperidine rings is 1. The summed E-state index contributed by atoms with van der Waals surface area (Å²) >= 11 is 2.84. The molecule has 164 valence electrons. The maximum absolute atomic E-state index is 13.5. The van der Waals surface area contributed by atoms with Gasteiger partial charge in [-0.2, -0.15) is 4.31 Å². The van der Waals surface area contributed by atoms with Gasteiger partial charge in [0.05, 0.1) is 13.7 Å². The molecule has 4 rings (SSSR count). The van der Waals surface area contributed by atoms with Crippen LogP contribution < -0.4 is 9.64 Å². The summed E-state index contributed by atoms with van der Waals surface area (Å²) < 4.78 is 32.7. The lowest BCUT2D eigenvalue weighted by Gasteiger charge is -2.33. The Balaban J connectivity index is 1.49. The lowest BCUT2D eigenvalue weighted by atomic mass is 9.96. The Morgan fingerprint density at radius 1 is 1.06 bits per heavy atom. The predicted octanol–water partition coefficient (Wildman–Crippen LogP) is 4.45. The summed E-state index contributed by atoms with van der Waals surface area (Å²) in [6.07, 6.45) is 1.03. The van der Waals surface area contributed by atoms with Crippen molar-refractivity contribution in [3.63, 3.8) is 0 Å². The number of anilines is 1. The van der Waals surface area contributed by atoms with Gasteiger partial charge in [-0.3, -0.25) is 4.79 Å². The van der Waals surface area contributed by atoms with Crippen molar-refractivity contribution >= 4 is 44.3 Å². The number of hydrogen-bond acceptors (Lipinski definition) is 6. The third kappa shape index (κ3) is 4.85. The minimum Gasteiger partial charge on any atom is -0.497 e. The Hall–Kier alpha value is -2.20. The van der Waals surface area contributed by atoms with Gasteiger partial charge in [-0.05, 0) is 60.0 Å². The Morgan fingerprint density at radius 2 is 1.74 bits per heavy atom. The Bertz CT molecular complexity index is 1090. The standard InChI is InChI=1S/C22H24N2O4S3/c1-28-19-8-6-18(7-9-19)24(16-20-4-2-14-29-20)22(25)17-10-12-23(13-11-17)31(26,27)21-5-3-15-30-21/h2-9,14-15,17H,10-13,16H2,1H3. The van der Waals surface area contributed by atoms with E-state index in [-0.39, 0.29) is 11.8 Å². The molecule has 1 aliphatic rings. The monoisotopic (exact) mass is 476 g/mol. The van der Waals surface area contributed by atoms with Crippen LogP contribution in [0.15, 0.2) is 63.5 Å². The number of methoxy groups -OCH3 is 1. The highest BCUT2D eigenvalue weighted by Crippen LogP contribution is 2.30. The summed E-state index contributed by atoms with van der Waals surface area (Å²) in [5, 5.41) is 3.76. The highest BCUT2D eigenvalue weighted by molar-refractivity contribution is 7.91. The second-order valence-corrected chi connectivity index (χ2v) is 11.5. The largest absolute Gasteiger partial charge is 0.497 e. The van der Waals surface area contributed by atoms with E-state index in [1.165, 1.54) is 15.6 Å². The van der Waals surface area contributed by atoms with Gasteiger partial charge >= 0.3 is 0 Å². The fraction of sp³-hybridized carbons (Fsp3) is 0.318. The van der Waals surface area contributed by atoms with Gasteiger partial charge in [0, 0.05) is 29.6 Å². The van der Waals surface area contributed by atoms with E-state index in [9.17, 15) is 13.2 Å². The summed E-state index contributed by atoms with van der Waals surface area (Å²) in [6.45, 7) is 1.20. The van der Waals surface area contributed by atoms with Crippen molar-refractivity contribution in [2.75, 3.05) is 25.1 Å². The van der Waals surface area contributed by atoms with Crippen LogP contribution in [0.1, 0.15) is 17.7 Å². The Labute approximate surface area is 190 Å². The SMILES string of the molecule is COc1ccc(N(Cc2cccs2)C(=O)C2CCN(S(=O)(=O)c3cccs3)CC2)cc1. The zero-order valence-electron chi connectivity index (χ0n) is 17.1. The number of nitrogens with zero attached hydrogens (tertiary/aromatic N) is 2. The molecule has 3 heterocycles. The van der Waals surface area contributed by atoms with E-state index >= 15 is 0 Å². The molecule has 0 saturated carbocycles. The first-order valence-corrected chi connectivity index (χ1v) is 13.2. The zero-order chi connectivity index (χ0) is 21.8. The summed E-state index contributed by atoms with van der Waals surface area (Å²) in [5.41, 5.74) is 0.813. The Kier molecular flexibility index (Phi) is 6.76. The number of ether oxygens (including phenoxy) is 1. The molecule has 0 atom stereocenters. The van der Waals surface area contributed by atoms with Crippen LogP contribution in [0.3, 0.4) is 0 Å². The number of rotatable bonds is 7. The van der Waals surface area contributed by atoms with Crippen LogP contribution in [-0.2, 0) is 21.4 Å². The first kappa shape index (κ1) is 22.0. The molecule has 1 aliphatic heterocycles. The smallest absolute Gasteiger partial charge is 0.252 e. The summed E-state index contributed by atoms with van der Waals surface area (Å²) in [7, 11) is -1.86. The van der Waals surface area contributed by atoms with Crippen molar-refractivity contribution in [3.8, 4) is 5.75 Å². The fourth-order valence-corrected chi connectivity index (χ4v) is 7.02. The molecule has 0 N–H and O–H groups in total. The number of carbonyl (C=O) groups excluding carboxylic acids is 1. The third-order valence-electron chi connectivity index (χ3n) is 5.44. The van der Waals surface area contributed by atoms with E-state index < -0.39 is 10.0 Å². The van der Waals surface area contributed by atoms with Gasteiger partial charge in [0.25, 0.3) is 10.0 Å². The lowest BCUT2D eigenvalue weighted by molar-refractivity contribution is -0.123. The zero-order valence-corrected chi connectivity index (χ0v) is 19.6. The molecule has 1 aromatic carbocycles. The van der Waals surface area contributed by atoms with E-state index in [4.69, 9.17) is 4.74 Å². The van der Waals surface area contributed by atoms with E-state index in [1.54, 1.807) is 40.9 Å². The van der Waals surface area contributed by atoms with E-state index in [2.05, 4.69) is 0 Å². The van der Waals surface area contributed by atoms with Gasteiger partial charge in [0.2, 0.25) is 5.91 Å². The molecule has 2 aromatic heterocycles. The summed E-state index contributed by atoms with van der Waals surface area (Å²) in [5.74, 6) is 0.558. The Morgan fingerprint density at radius 3 is 2.32 bits per heavy atom. The van der Waals surface area contributed by atoms with E-state index in [0.717, 1.165) is 16.3 Å². The van der Waals surface area contributed by atoms with Gasteiger partial charge < -0.3 is 9.64 Å². The number of carbonyl (C=O) groups is 1. The first-order valence-electron chi connectivity index (χ1n) is 10.0. The van der Waals surface area contributed by atoms with Crippen LogP contribution in [0.4, 0.5) is 5.69 Å². The minimum absolute atomic E-state index is 0.0340. The van der Waals surface area contributed by atoms with Gasteiger partial charge in [0.1, 0.15) is 9.96 Å². The molecule has 1 saturated heterocycles. The van der Waals surface area contributed by atoms with Crippen LogP contribution in [-0.4, -0.2) is 38.8 Å².